The molecule has 2 amide bonds. The molecule has 0 heterocycles. The first-order chi connectivity index (χ1) is 10.2. The van der Waals surface area contributed by atoms with Gasteiger partial charge in [0.2, 0.25) is 0 Å². The van der Waals surface area contributed by atoms with Gasteiger partial charge in [-0.3, -0.25) is 0 Å². The highest BCUT2D eigenvalue weighted by Gasteiger charge is 2.09. The summed E-state index contributed by atoms with van der Waals surface area (Å²) in [6.07, 6.45) is 1.81. The fraction of sp³-hybridized carbons (Fsp3) is 0.278. The maximum Gasteiger partial charge on any atom is 0.319 e. The van der Waals surface area contributed by atoms with Crippen LogP contribution in [0.15, 0.2) is 48.5 Å². The molecule has 21 heavy (non-hydrogen) atoms. The highest BCUT2D eigenvalue weighted by atomic mass is 16.2. The minimum atomic E-state index is -0.158. The van der Waals surface area contributed by atoms with Crippen molar-refractivity contribution in [3.05, 3.63) is 65.2 Å². The summed E-state index contributed by atoms with van der Waals surface area (Å²) >= 11 is 0. The third-order valence-corrected chi connectivity index (χ3v) is 3.53. The van der Waals surface area contributed by atoms with E-state index in [1.165, 1.54) is 11.1 Å². The van der Waals surface area contributed by atoms with Crippen LogP contribution in [0.4, 0.5) is 10.5 Å². The lowest BCUT2D eigenvalue weighted by Crippen LogP contribution is -2.29. The van der Waals surface area contributed by atoms with E-state index in [1.54, 1.807) is 0 Å². The SMILES string of the molecule is CCc1cccc(CC)c1NC(=O)NCc1ccccc1. The van der Waals surface area contributed by atoms with Crippen LogP contribution in [-0.2, 0) is 19.4 Å². The molecule has 0 saturated heterocycles. The number of benzene rings is 2. The summed E-state index contributed by atoms with van der Waals surface area (Å²) in [5.41, 5.74) is 4.38. The van der Waals surface area contributed by atoms with Gasteiger partial charge in [-0.15, -0.1) is 0 Å². The zero-order chi connectivity index (χ0) is 15.1. The minimum Gasteiger partial charge on any atom is -0.334 e. The molecular formula is C18H22N2O. The van der Waals surface area contributed by atoms with Gasteiger partial charge in [0.15, 0.2) is 0 Å². The van der Waals surface area contributed by atoms with Crippen molar-refractivity contribution in [2.45, 2.75) is 33.2 Å². The van der Waals surface area contributed by atoms with E-state index < -0.39 is 0 Å². The number of rotatable bonds is 5. The molecule has 2 aromatic carbocycles. The summed E-state index contributed by atoms with van der Waals surface area (Å²) in [6, 6.07) is 15.9. The van der Waals surface area contributed by atoms with Crippen LogP contribution < -0.4 is 10.6 Å². The fourth-order valence-electron chi connectivity index (χ4n) is 2.34. The zero-order valence-electron chi connectivity index (χ0n) is 12.6. The monoisotopic (exact) mass is 282 g/mol. The Morgan fingerprint density at radius 3 is 2.10 bits per heavy atom. The lowest BCUT2D eigenvalue weighted by Gasteiger charge is -2.15. The molecular weight excluding hydrogens is 260 g/mol. The standard InChI is InChI=1S/C18H22N2O/c1-3-15-11-8-12-16(4-2)17(15)20-18(21)19-13-14-9-6-5-7-10-14/h5-12H,3-4,13H2,1-2H3,(H2,19,20,21). The number of aryl methyl sites for hydroxylation is 2. The predicted octanol–water partition coefficient (Wildman–Crippen LogP) is 4.13. The molecule has 0 saturated carbocycles. The van der Waals surface area contributed by atoms with Gasteiger partial charge in [-0.2, -0.15) is 0 Å². The molecule has 3 heteroatoms. The van der Waals surface area contributed by atoms with Gasteiger partial charge in [0.05, 0.1) is 0 Å². The van der Waals surface area contributed by atoms with E-state index in [0.29, 0.717) is 6.54 Å². The molecule has 0 radical (unpaired) electrons. The number of amides is 2. The lowest BCUT2D eigenvalue weighted by molar-refractivity contribution is 0.251. The Bertz CT molecular complexity index is 571. The van der Waals surface area contributed by atoms with E-state index in [4.69, 9.17) is 0 Å². The van der Waals surface area contributed by atoms with Crippen molar-refractivity contribution >= 4 is 11.7 Å². The van der Waals surface area contributed by atoms with Crippen LogP contribution in [0.5, 0.6) is 0 Å². The summed E-state index contributed by atoms with van der Waals surface area (Å²) < 4.78 is 0. The molecule has 0 fully saturated rings. The average molecular weight is 282 g/mol. The van der Waals surface area contributed by atoms with Crippen LogP contribution in [0.25, 0.3) is 0 Å². The van der Waals surface area contributed by atoms with Crippen LogP contribution in [0.2, 0.25) is 0 Å². The Balaban J connectivity index is 2.02. The smallest absolute Gasteiger partial charge is 0.319 e. The lowest BCUT2D eigenvalue weighted by atomic mass is 10.0. The molecule has 0 bridgehead atoms. The van der Waals surface area contributed by atoms with Gasteiger partial charge < -0.3 is 10.6 Å². The Labute approximate surface area is 126 Å². The quantitative estimate of drug-likeness (QED) is 0.850. The molecule has 0 spiro atoms. The van der Waals surface area contributed by atoms with Gasteiger partial charge >= 0.3 is 6.03 Å². The second kappa shape index (κ2) is 7.48. The Morgan fingerprint density at radius 2 is 1.52 bits per heavy atom. The molecule has 0 aliphatic rings. The van der Waals surface area contributed by atoms with Gasteiger partial charge in [-0.05, 0) is 29.5 Å². The number of carbonyl (C=O) groups excluding carboxylic acids is 1. The first-order valence-electron chi connectivity index (χ1n) is 7.44. The number of nitrogens with one attached hydrogen (secondary N) is 2. The molecule has 110 valence electrons. The van der Waals surface area contributed by atoms with Gasteiger partial charge in [-0.25, -0.2) is 4.79 Å². The number of hydrogen-bond donors (Lipinski definition) is 2. The number of urea groups is 1. The normalized spacial score (nSPS) is 10.2. The molecule has 2 rings (SSSR count). The van der Waals surface area contributed by atoms with Crippen molar-refractivity contribution in [2.24, 2.45) is 0 Å². The molecule has 3 nitrogen and oxygen atoms in total. The Morgan fingerprint density at radius 1 is 0.905 bits per heavy atom. The first kappa shape index (κ1) is 15.1. The molecule has 0 atom stereocenters. The highest BCUT2D eigenvalue weighted by molar-refractivity contribution is 5.91. The molecule has 0 aromatic heterocycles. The van der Waals surface area contributed by atoms with E-state index >= 15 is 0 Å². The number of hydrogen-bond acceptors (Lipinski definition) is 1. The van der Waals surface area contributed by atoms with Crippen LogP contribution in [0, 0.1) is 0 Å². The summed E-state index contributed by atoms with van der Waals surface area (Å²) in [4.78, 5) is 12.1. The average Bonchev–Trinajstić information content (AvgIpc) is 2.54. The fourth-order valence-corrected chi connectivity index (χ4v) is 2.34. The number of anilines is 1. The van der Waals surface area contributed by atoms with Gasteiger partial charge in [0.25, 0.3) is 0 Å². The highest BCUT2D eigenvalue weighted by Crippen LogP contribution is 2.22. The molecule has 2 N–H and O–H groups in total. The zero-order valence-corrected chi connectivity index (χ0v) is 12.6. The largest absolute Gasteiger partial charge is 0.334 e. The first-order valence-corrected chi connectivity index (χ1v) is 7.44. The minimum absolute atomic E-state index is 0.158. The van der Waals surface area contributed by atoms with E-state index in [0.717, 1.165) is 24.1 Å². The van der Waals surface area contributed by atoms with E-state index in [-0.39, 0.29) is 6.03 Å². The topological polar surface area (TPSA) is 41.1 Å². The number of para-hydroxylation sites is 1. The van der Waals surface area contributed by atoms with E-state index in [9.17, 15) is 4.79 Å². The molecule has 0 unspecified atom stereocenters. The van der Waals surface area contributed by atoms with E-state index in [2.05, 4.69) is 36.6 Å². The van der Waals surface area contributed by atoms with Crippen molar-refractivity contribution in [2.75, 3.05) is 5.32 Å². The summed E-state index contributed by atoms with van der Waals surface area (Å²) in [6.45, 7) is 4.73. The maximum absolute atomic E-state index is 12.1. The third kappa shape index (κ3) is 4.09. The molecule has 0 aliphatic carbocycles. The second-order valence-corrected chi connectivity index (χ2v) is 4.95. The second-order valence-electron chi connectivity index (χ2n) is 4.95. The number of carbonyl (C=O) groups is 1. The van der Waals surface area contributed by atoms with Gasteiger partial charge in [-0.1, -0.05) is 62.4 Å². The van der Waals surface area contributed by atoms with Crippen LogP contribution in [-0.4, -0.2) is 6.03 Å². The summed E-state index contributed by atoms with van der Waals surface area (Å²) in [5.74, 6) is 0. The van der Waals surface area contributed by atoms with Gasteiger partial charge in [0, 0.05) is 12.2 Å². The van der Waals surface area contributed by atoms with Crippen LogP contribution >= 0.6 is 0 Å². The Hall–Kier alpha value is -2.29. The third-order valence-electron chi connectivity index (χ3n) is 3.53. The summed E-state index contributed by atoms with van der Waals surface area (Å²) in [5, 5.41) is 5.90. The van der Waals surface area contributed by atoms with E-state index in [1.807, 2.05) is 36.4 Å². The van der Waals surface area contributed by atoms with Crippen molar-refractivity contribution < 1.29 is 4.79 Å². The Kier molecular flexibility index (Phi) is 5.38. The van der Waals surface area contributed by atoms with Crippen LogP contribution in [0.3, 0.4) is 0 Å². The van der Waals surface area contributed by atoms with Crippen molar-refractivity contribution in [1.82, 2.24) is 5.32 Å². The molecule has 2 aromatic rings. The van der Waals surface area contributed by atoms with Gasteiger partial charge in [0.1, 0.15) is 0 Å². The summed E-state index contributed by atoms with van der Waals surface area (Å²) in [7, 11) is 0. The predicted molar refractivity (Wildman–Crippen MR) is 87.5 cm³/mol. The molecule has 0 aliphatic heterocycles. The maximum atomic E-state index is 12.1. The van der Waals surface area contributed by atoms with Crippen LogP contribution in [0.1, 0.15) is 30.5 Å². The van der Waals surface area contributed by atoms with Crippen molar-refractivity contribution in [1.29, 1.82) is 0 Å². The van der Waals surface area contributed by atoms with Crippen molar-refractivity contribution in [3.8, 4) is 0 Å². The van der Waals surface area contributed by atoms with Crippen molar-refractivity contribution in [3.63, 3.8) is 0 Å².